The SMILES string of the molecule is COCC(C)(NC(=O)OCC1c2ccccc2-c2ccccc21)C(=O)NC(C)CC(=O)O. The molecule has 0 fully saturated rings. The van der Waals surface area contributed by atoms with E-state index in [-0.39, 0.29) is 25.6 Å². The number of nitrogens with one attached hydrogen (secondary N) is 2. The maximum absolute atomic E-state index is 12.7. The van der Waals surface area contributed by atoms with Crippen molar-refractivity contribution in [3.63, 3.8) is 0 Å². The zero-order chi connectivity index (χ0) is 23.3. The van der Waals surface area contributed by atoms with E-state index >= 15 is 0 Å². The summed E-state index contributed by atoms with van der Waals surface area (Å²) in [7, 11) is 1.41. The zero-order valence-corrected chi connectivity index (χ0v) is 18.4. The van der Waals surface area contributed by atoms with Crippen molar-refractivity contribution in [3.05, 3.63) is 59.7 Å². The highest BCUT2D eigenvalue weighted by Gasteiger charge is 2.37. The van der Waals surface area contributed by atoms with E-state index in [1.165, 1.54) is 14.0 Å². The van der Waals surface area contributed by atoms with Crippen LogP contribution in [0.5, 0.6) is 0 Å². The highest BCUT2D eigenvalue weighted by molar-refractivity contribution is 5.90. The first-order valence-electron chi connectivity index (χ1n) is 10.4. The lowest BCUT2D eigenvalue weighted by molar-refractivity contribution is -0.138. The van der Waals surface area contributed by atoms with Gasteiger partial charge >= 0.3 is 12.1 Å². The summed E-state index contributed by atoms with van der Waals surface area (Å²) in [5.41, 5.74) is 2.98. The number of carbonyl (C=O) groups excluding carboxylic acids is 2. The van der Waals surface area contributed by atoms with Crippen LogP contribution >= 0.6 is 0 Å². The number of carboxylic acid groups (broad SMARTS) is 1. The number of benzene rings is 2. The number of rotatable bonds is 9. The number of hydrogen-bond donors (Lipinski definition) is 3. The highest BCUT2D eigenvalue weighted by Crippen LogP contribution is 2.44. The molecule has 170 valence electrons. The molecular weight excluding hydrogens is 412 g/mol. The first-order valence-corrected chi connectivity index (χ1v) is 10.4. The van der Waals surface area contributed by atoms with Gasteiger partial charge in [0.15, 0.2) is 0 Å². The number of aliphatic carboxylic acids is 1. The summed E-state index contributed by atoms with van der Waals surface area (Å²) in [5.74, 6) is -1.69. The summed E-state index contributed by atoms with van der Waals surface area (Å²) in [6, 6.07) is 15.4. The summed E-state index contributed by atoms with van der Waals surface area (Å²) in [6.45, 7) is 3.08. The summed E-state index contributed by atoms with van der Waals surface area (Å²) >= 11 is 0. The van der Waals surface area contributed by atoms with Crippen molar-refractivity contribution in [2.75, 3.05) is 20.3 Å². The van der Waals surface area contributed by atoms with Crippen LogP contribution in [0.4, 0.5) is 4.79 Å². The van der Waals surface area contributed by atoms with E-state index in [9.17, 15) is 14.4 Å². The summed E-state index contributed by atoms with van der Waals surface area (Å²) < 4.78 is 10.6. The molecule has 0 heterocycles. The predicted octanol–water partition coefficient (Wildman–Crippen LogP) is 2.91. The van der Waals surface area contributed by atoms with Crippen molar-refractivity contribution in [1.29, 1.82) is 0 Å². The second-order valence-corrected chi connectivity index (χ2v) is 8.19. The Morgan fingerprint density at radius 1 is 1.06 bits per heavy atom. The minimum absolute atomic E-state index is 0.105. The Labute approximate surface area is 186 Å². The van der Waals surface area contributed by atoms with Gasteiger partial charge in [-0.15, -0.1) is 0 Å². The van der Waals surface area contributed by atoms with Gasteiger partial charge in [-0.3, -0.25) is 9.59 Å². The molecule has 1 aliphatic carbocycles. The Hall–Kier alpha value is -3.39. The van der Waals surface area contributed by atoms with E-state index in [0.29, 0.717) is 0 Å². The van der Waals surface area contributed by atoms with E-state index in [1.54, 1.807) is 6.92 Å². The maximum atomic E-state index is 12.7. The molecule has 0 saturated carbocycles. The lowest BCUT2D eigenvalue weighted by atomic mass is 9.98. The summed E-state index contributed by atoms with van der Waals surface area (Å²) in [5, 5.41) is 14.1. The van der Waals surface area contributed by atoms with E-state index in [0.717, 1.165) is 22.3 Å². The zero-order valence-electron chi connectivity index (χ0n) is 18.4. The molecule has 0 aliphatic heterocycles. The third-order valence-corrected chi connectivity index (χ3v) is 5.51. The second kappa shape index (κ2) is 9.82. The molecule has 2 aromatic rings. The highest BCUT2D eigenvalue weighted by atomic mass is 16.5. The molecule has 32 heavy (non-hydrogen) atoms. The van der Waals surface area contributed by atoms with Crippen LogP contribution < -0.4 is 10.6 Å². The standard InChI is InChI=1S/C24H28N2O6/c1-15(12-21(27)28)25-22(29)24(2,14-31-3)26-23(30)32-13-20-18-10-6-4-8-16(18)17-9-5-7-11-19(17)20/h4-11,15,20H,12-14H2,1-3H3,(H,25,29)(H,26,30)(H,27,28). The lowest BCUT2D eigenvalue weighted by Gasteiger charge is -2.30. The van der Waals surface area contributed by atoms with Gasteiger partial charge in [0.1, 0.15) is 12.1 Å². The lowest BCUT2D eigenvalue weighted by Crippen LogP contribution is -2.61. The normalized spacial score (nSPS) is 15.1. The fourth-order valence-corrected chi connectivity index (χ4v) is 4.00. The molecule has 2 aromatic carbocycles. The average Bonchev–Trinajstić information content (AvgIpc) is 3.05. The first kappa shape index (κ1) is 23.3. The van der Waals surface area contributed by atoms with Crippen LogP contribution in [0.15, 0.2) is 48.5 Å². The second-order valence-electron chi connectivity index (χ2n) is 8.19. The van der Waals surface area contributed by atoms with Gasteiger partial charge in [0, 0.05) is 19.1 Å². The van der Waals surface area contributed by atoms with Crippen LogP contribution in [0.3, 0.4) is 0 Å². The van der Waals surface area contributed by atoms with E-state index in [1.807, 2.05) is 48.5 Å². The van der Waals surface area contributed by atoms with Gasteiger partial charge in [0.2, 0.25) is 5.91 Å². The molecule has 0 radical (unpaired) electrons. The molecule has 0 aromatic heterocycles. The number of hydrogen-bond acceptors (Lipinski definition) is 5. The summed E-state index contributed by atoms with van der Waals surface area (Å²) in [6.07, 6.45) is -0.993. The number of fused-ring (bicyclic) bond motifs is 3. The topological polar surface area (TPSA) is 114 Å². The van der Waals surface area contributed by atoms with Crippen molar-refractivity contribution < 1.29 is 29.0 Å². The van der Waals surface area contributed by atoms with Crippen molar-refractivity contribution in [2.45, 2.75) is 37.8 Å². The van der Waals surface area contributed by atoms with Crippen LogP contribution in [0.1, 0.15) is 37.3 Å². The molecular formula is C24H28N2O6. The third-order valence-electron chi connectivity index (χ3n) is 5.51. The van der Waals surface area contributed by atoms with E-state index < -0.39 is 29.6 Å². The van der Waals surface area contributed by atoms with Crippen LogP contribution in [-0.4, -0.2) is 55.0 Å². The van der Waals surface area contributed by atoms with Crippen LogP contribution in [0.2, 0.25) is 0 Å². The number of amides is 2. The van der Waals surface area contributed by atoms with Crippen molar-refractivity contribution in [2.24, 2.45) is 0 Å². The summed E-state index contributed by atoms with van der Waals surface area (Å²) in [4.78, 5) is 36.2. The number of methoxy groups -OCH3 is 1. The Balaban J connectivity index is 1.67. The van der Waals surface area contributed by atoms with Crippen molar-refractivity contribution in [1.82, 2.24) is 10.6 Å². The fraction of sp³-hybridized carbons (Fsp3) is 0.375. The molecule has 8 nitrogen and oxygen atoms in total. The van der Waals surface area contributed by atoms with Gasteiger partial charge in [0.25, 0.3) is 0 Å². The number of ether oxygens (including phenoxy) is 2. The Kier molecular flexibility index (Phi) is 7.15. The van der Waals surface area contributed by atoms with Gasteiger partial charge in [-0.25, -0.2) is 4.79 Å². The smallest absolute Gasteiger partial charge is 0.408 e. The van der Waals surface area contributed by atoms with Gasteiger partial charge in [-0.2, -0.15) is 0 Å². The van der Waals surface area contributed by atoms with Crippen LogP contribution in [0.25, 0.3) is 11.1 Å². The Morgan fingerprint density at radius 2 is 1.62 bits per heavy atom. The number of carboxylic acids is 1. The largest absolute Gasteiger partial charge is 0.481 e. The number of alkyl carbamates (subject to hydrolysis) is 1. The molecule has 3 N–H and O–H groups in total. The monoisotopic (exact) mass is 440 g/mol. The molecule has 8 heteroatoms. The van der Waals surface area contributed by atoms with Gasteiger partial charge in [-0.1, -0.05) is 48.5 Å². The minimum atomic E-state index is -1.43. The van der Waals surface area contributed by atoms with Crippen LogP contribution in [0, 0.1) is 0 Å². The molecule has 2 unspecified atom stereocenters. The molecule has 1 aliphatic rings. The molecule has 2 atom stereocenters. The molecule has 0 bridgehead atoms. The molecule has 0 saturated heterocycles. The van der Waals surface area contributed by atoms with E-state index in [4.69, 9.17) is 14.6 Å². The van der Waals surface area contributed by atoms with Gasteiger partial charge in [0.05, 0.1) is 13.0 Å². The van der Waals surface area contributed by atoms with E-state index in [2.05, 4.69) is 10.6 Å². The minimum Gasteiger partial charge on any atom is -0.481 e. The van der Waals surface area contributed by atoms with Crippen molar-refractivity contribution >= 4 is 18.0 Å². The van der Waals surface area contributed by atoms with Gasteiger partial charge < -0.3 is 25.2 Å². The van der Waals surface area contributed by atoms with Gasteiger partial charge in [-0.05, 0) is 36.1 Å². The quantitative estimate of drug-likeness (QED) is 0.553. The Bertz CT molecular complexity index is 962. The first-order chi connectivity index (χ1) is 15.2. The molecule has 0 spiro atoms. The fourth-order valence-electron chi connectivity index (χ4n) is 4.00. The number of carbonyl (C=O) groups is 3. The molecule has 3 rings (SSSR count). The Morgan fingerprint density at radius 3 is 2.16 bits per heavy atom. The average molecular weight is 440 g/mol. The van der Waals surface area contributed by atoms with Crippen LogP contribution in [-0.2, 0) is 19.1 Å². The van der Waals surface area contributed by atoms with Crippen molar-refractivity contribution in [3.8, 4) is 11.1 Å². The third kappa shape index (κ3) is 5.08. The maximum Gasteiger partial charge on any atom is 0.408 e. The molecule has 2 amide bonds. The predicted molar refractivity (Wildman–Crippen MR) is 118 cm³/mol.